The maximum absolute atomic E-state index is 11.8. The molecule has 1 amide bonds. The zero-order chi connectivity index (χ0) is 14.8. The molecule has 0 saturated heterocycles. The van der Waals surface area contributed by atoms with Gasteiger partial charge in [0.25, 0.3) is 0 Å². The van der Waals surface area contributed by atoms with E-state index in [0.717, 1.165) is 24.4 Å². The van der Waals surface area contributed by atoms with Crippen molar-refractivity contribution in [2.75, 3.05) is 12.3 Å². The molecule has 1 heterocycles. The van der Waals surface area contributed by atoms with Gasteiger partial charge in [-0.25, -0.2) is 4.98 Å². The minimum Gasteiger partial charge on any atom is -0.388 e. The van der Waals surface area contributed by atoms with Crippen molar-refractivity contribution in [2.45, 2.75) is 56.3 Å². The molecule has 1 aliphatic carbocycles. The maximum Gasteiger partial charge on any atom is 0.230 e. The van der Waals surface area contributed by atoms with E-state index in [2.05, 4.69) is 35.6 Å². The summed E-state index contributed by atoms with van der Waals surface area (Å²) in [5, 5.41) is 13.6. The van der Waals surface area contributed by atoms with E-state index in [-0.39, 0.29) is 11.4 Å². The van der Waals surface area contributed by atoms with Crippen LogP contribution in [-0.4, -0.2) is 38.5 Å². The van der Waals surface area contributed by atoms with Crippen LogP contribution < -0.4 is 5.32 Å². The van der Waals surface area contributed by atoms with Crippen LogP contribution in [0.25, 0.3) is 0 Å². The third kappa shape index (κ3) is 3.76. The summed E-state index contributed by atoms with van der Waals surface area (Å²) in [6.07, 6.45) is 6.30. The molecule has 112 valence electrons. The van der Waals surface area contributed by atoms with E-state index < -0.39 is 5.60 Å². The monoisotopic (exact) mass is 297 g/mol. The molecule has 0 atom stereocenters. The summed E-state index contributed by atoms with van der Waals surface area (Å²) in [7, 11) is 0. The number of rotatable bonds is 5. The molecule has 0 spiro atoms. The van der Waals surface area contributed by atoms with E-state index in [4.69, 9.17) is 0 Å². The predicted molar refractivity (Wildman–Crippen MR) is 79.8 cm³/mol. The molecule has 6 heteroatoms. The molecular weight excluding hydrogens is 274 g/mol. The number of amides is 1. The van der Waals surface area contributed by atoms with Gasteiger partial charge in [0.2, 0.25) is 5.91 Å². The van der Waals surface area contributed by atoms with Gasteiger partial charge >= 0.3 is 0 Å². The molecule has 2 rings (SSSR count). The summed E-state index contributed by atoms with van der Waals surface area (Å²) >= 11 is 1.42. The highest BCUT2D eigenvalue weighted by Crippen LogP contribution is 2.30. The van der Waals surface area contributed by atoms with E-state index in [9.17, 15) is 9.90 Å². The average molecular weight is 297 g/mol. The van der Waals surface area contributed by atoms with Crippen LogP contribution in [0, 0.1) is 0 Å². The Labute approximate surface area is 124 Å². The van der Waals surface area contributed by atoms with E-state index in [1.165, 1.54) is 11.8 Å². The van der Waals surface area contributed by atoms with Gasteiger partial charge in [0.15, 0.2) is 5.16 Å². The van der Waals surface area contributed by atoms with Gasteiger partial charge in [0.05, 0.1) is 11.4 Å². The fraction of sp³-hybridized carbons (Fsp3) is 0.714. The Morgan fingerprint density at radius 2 is 2.25 bits per heavy atom. The Kier molecular flexibility index (Phi) is 4.44. The van der Waals surface area contributed by atoms with Gasteiger partial charge in [0, 0.05) is 24.5 Å². The lowest BCUT2D eigenvalue weighted by Gasteiger charge is -2.36. The maximum atomic E-state index is 11.8. The molecular formula is C14H23N3O2S. The quantitative estimate of drug-likeness (QED) is 0.813. The van der Waals surface area contributed by atoms with Crippen molar-refractivity contribution in [3.8, 4) is 0 Å². The number of thioether (sulfide) groups is 1. The van der Waals surface area contributed by atoms with Crippen molar-refractivity contribution in [3.63, 3.8) is 0 Å². The number of hydrogen-bond donors (Lipinski definition) is 2. The van der Waals surface area contributed by atoms with Crippen LogP contribution in [0.5, 0.6) is 0 Å². The molecule has 20 heavy (non-hydrogen) atoms. The van der Waals surface area contributed by atoms with Gasteiger partial charge in [-0.3, -0.25) is 4.79 Å². The largest absolute Gasteiger partial charge is 0.388 e. The van der Waals surface area contributed by atoms with Crippen LogP contribution in [0.4, 0.5) is 0 Å². The number of carbonyl (C=O) groups excluding carboxylic acids is 1. The summed E-state index contributed by atoms with van der Waals surface area (Å²) in [5.41, 5.74) is -0.708. The molecule has 5 nitrogen and oxygen atoms in total. The molecule has 0 aromatic carbocycles. The molecule has 2 N–H and O–H groups in total. The van der Waals surface area contributed by atoms with Crippen LogP contribution in [-0.2, 0) is 10.3 Å². The fourth-order valence-electron chi connectivity index (χ4n) is 2.11. The summed E-state index contributed by atoms with van der Waals surface area (Å²) in [5.74, 6) is 0.266. The number of aromatic nitrogens is 2. The number of aliphatic hydroxyl groups is 1. The second-order valence-corrected chi connectivity index (χ2v) is 7.34. The summed E-state index contributed by atoms with van der Waals surface area (Å²) < 4.78 is 2.06. The topological polar surface area (TPSA) is 67.2 Å². The van der Waals surface area contributed by atoms with Gasteiger partial charge in [0.1, 0.15) is 0 Å². The van der Waals surface area contributed by atoms with Gasteiger partial charge in [-0.2, -0.15) is 0 Å². The lowest BCUT2D eigenvalue weighted by Crippen LogP contribution is -2.48. The van der Waals surface area contributed by atoms with Crippen LogP contribution in [0.15, 0.2) is 17.6 Å². The summed E-state index contributed by atoms with van der Waals surface area (Å²) in [4.78, 5) is 16.1. The van der Waals surface area contributed by atoms with E-state index >= 15 is 0 Å². The molecule has 1 aromatic rings. The van der Waals surface area contributed by atoms with Gasteiger partial charge < -0.3 is 15.0 Å². The molecule has 0 bridgehead atoms. The van der Waals surface area contributed by atoms with Crippen molar-refractivity contribution in [1.29, 1.82) is 0 Å². The van der Waals surface area contributed by atoms with Crippen molar-refractivity contribution in [3.05, 3.63) is 12.4 Å². The summed E-state index contributed by atoms with van der Waals surface area (Å²) in [6.45, 7) is 6.67. The number of hydrogen-bond acceptors (Lipinski definition) is 4. The highest BCUT2D eigenvalue weighted by molar-refractivity contribution is 7.99. The minimum absolute atomic E-state index is 0.0452. The Morgan fingerprint density at radius 3 is 2.80 bits per heavy atom. The van der Waals surface area contributed by atoms with Crippen LogP contribution >= 0.6 is 11.8 Å². The molecule has 1 fully saturated rings. The second-order valence-electron chi connectivity index (χ2n) is 6.39. The standard InChI is InChI=1S/C14H23N3O2S/c1-13(2,3)17-8-7-15-12(17)20-9-11(18)16-10-14(19)5-4-6-14/h7-8,19H,4-6,9-10H2,1-3H3,(H,16,18). The Hall–Kier alpha value is -1.01. The third-order valence-electron chi connectivity index (χ3n) is 3.56. The molecule has 1 aliphatic rings. The normalized spacial score (nSPS) is 17.6. The third-order valence-corrected chi connectivity index (χ3v) is 4.53. The Morgan fingerprint density at radius 1 is 1.55 bits per heavy atom. The van der Waals surface area contributed by atoms with Gasteiger partial charge in [-0.05, 0) is 40.0 Å². The molecule has 1 aromatic heterocycles. The lowest BCUT2D eigenvalue weighted by atomic mass is 9.80. The van der Waals surface area contributed by atoms with Crippen LogP contribution in [0.1, 0.15) is 40.0 Å². The van der Waals surface area contributed by atoms with E-state index in [1.807, 2.05) is 6.20 Å². The second kappa shape index (κ2) is 5.77. The van der Waals surface area contributed by atoms with Crippen LogP contribution in [0.3, 0.4) is 0 Å². The van der Waals surface area contributed by atoms with Crippen LogP contribution in [0.2, 0.25) is 0 Å². The molecule has 0 radical (unpaired) electrons. The first kappa shape index (κ1) is 15.4. The number of nitrogens with zero attached hydrogens (tertiary/aromatic N) is 2. The highest BCUT2D eigenvalue weighted by atomic mass is 32.2. The highest BCUT2D eigenvalue weighted by Gasteiger charge is 2.34. The van der Waals surface area contributed by atoms with Gasteiger partial charge in [-0.15, -0.1) is 0 Å². The first-order valence-electron chi connectivity index (χ1n) is 6.96. The smallest absolute Gasteiger partial charge is 0.230 e. The predicted octanol–water partition coefficient (Wildman–Crippen LogP) is 1.76. The molecule has 0 aliphatic heterocycles. The van der Waals surface area contributed by atoms with Crippen molar-refractivity contribution in [2.24, 2.45) is 0 Å². The Balaban J connectivity index is 1.80. The average Bonchev–Trinajstić information content (AvgIpc) is 2.79. The fourth-order valence-corrected chi connectivity index (χ4v) is 3.08. The minimum atomic E-state index is -0.662. The first-order chi connectivity index (χ1) is 9.30. The van der Waals surface area contributed by atoms with Gasteiger partial charge in [-0.1, -0.05) is 11.8 Å². The lowest BCUT2D eigenvalue weighted by molar-refractivity contribution is -0.121. The molecule has 1 saturated carbocycles. The SMILES string of the molecule is CC(C)(C)n1ccnc1SCC(=O)NCC1(O)CCC1. The zero-order valence-corrected chi connectivity index (χ0v) is 13.2. The van der Waals surface area contributed by atoms with Crippen molar-refractivity contribution >= 4 is 17.7 Å². The number of nitrogens with one attached hydrogen (secondary N) is 1. The van der Waals surface area contributed by atoms with Crippen molar-refractivity contribution < 1.29 is 9.90 Å². The Bertz CT molecular complexity index is 475. The summed E-state index contributed by atoms with van der Waals surface area (Å²) in [6, 6.07) is 0. The van der Waals surface area contributed by atoms with E-state index in [1.54, 1.807) is 6.20 Å². The number of imidazole rings is 1. The zero-order valence-electron chi connectivity index (χ0n) is 12.3. The number of carbonyl (C=O) groups is 1. The van der Waals surface area contributed by atoms with Crippen molar-refractivity contribution in [1.82, 2.24) is 14.9 Å². The first-order valence-corrected chi connectivity index (χ1v) is 7.94. The molecule has 0 unspecified atom stereocenters. The van der Waals surface area contributed by atoms with E-state index in [0.29, 0.717) is 12.3 Å².